The third-order valence-electron chi connectivity index (χ3n) is 4.45. The van der Waals surface area contributed by atoms with E-state index in [4.69, 9.17) is 17.0 Å². The van der Waals surface area contributed by atoms with E-state index in [0.717, 1.165) is 31.3 Å². The third kappa shape index (κ3) is 4.49. The summed E-state index contributed by atoms with van der Waals surface area (Å²) >= 11 is 0. The van der Waals surface area contributed by atoms with Crippen LogP contribution in [0.4, 0.5) is 0 Å². The molecule has 0 saturated carbocycles. The molecule has 0 bridgehead atoms. The highest BCUT2D eigenvalue weighted by atomic mass is 15.4. The Morgan fingerprint density at radius 1 is 1.46 bits per heavy atom. The number of hydrogen-bond acceptors (Lipinski definition) is 4. The molecule has 0 amide bonds. The molecule has 1 aromatic carbocycles. The highest BCUT2D eigenvalue weighted by Gasteiger charge is 2.22. The Labute approximate surface area is 145 Å². The average Bonchev–Trinajstić information content (AvgIpc) is 2.53. The topological polar surface area (TPSA) is 91.2 Å². The molecule has 128 valence electrons. The maximum absolute atomic E-state index is 7.97. The van der Waals surface area contributed by atoms with Gasteiger partial charge in [0, 0.05) is 31.1 Å². The first-order valence-corrected chi connectivity index (χ1v) is 8.43. The van der Waals surface area contributed by atoms with Crippen molar-refractivity contribution < 1.29 is 0 Å². The van der Waals surface area contributed by atoms with E-state index in [1.54, 1.807) is 0 Å². The van der Waals surface area contributed by atoms with Crippen LogP contribution < -0.4 is 16.9 Å². The van der Waals surface area contributed by atoms with Gasteiger partial charge < -0.3 is 11.1 Å². The molecule has 0 aliphatic carbocycles. The van der Waals surface area contributed by atoms with Crippen molar-refractivity contribution in [2.45, 2.75) is 32.0 Å². The summed E-state index contributed by atoms with van der Waals surface area (Å²) in [6, 6.07) is 6.46. The first-order valence-electron chi connectivity index (χ1n) is 8.43. The fraction of sp³-hybridized carbons (Fsp3) is 0.389. The Hall–Kier alpha value is -2.05. The molecule has 6 heteroatoms. The van der Waals surface area contributed by atoms with Gasteiger partial charge in [-0.05, 0) is 36.4 Å². The van der Waals surface area contributed by atoms with Crippen molar-refractivity contribution >= 4 is 18.7 Å². The minimum absolute atomic E-state index is 0.332. The van der Waals surface area contributed by atoms with Crippen LogP contribution in [0.25, 0.3) is 5.57 Å². The van der Waals surface area contributed by atoms with Gasteiger partial charge in [-0.2, -0.15) is 0 Å². The lowest BCUT2D eigenvalue weighted by Gasteiger charge is -2.29. The summed E-state index contributed by atoms with van der Waals surface area (Å²) in [5.41, 5.74) is 11.5. The number of amidine groups is 1. The fourth-order valence-corrected chi connectivity index (χ4v) is 3.25. The van der Waals surface area contributed by atoms with Gasteiger partial charge in [-0.25, -0.2) is 5.84 Å². The molecule has 2 rings (SSSR count). The number of hydrazine groups is 1. The van der Waals surface area contributed by atoms with Crippen LogP contribution in [0.3, 0.4) is 0 Å². The van der Waals surface area contributed by atoms with E-state index in [1.165, 1.54) is 21.7 Å². The molecule has 0 aromatic heterocycles. The molecule has 1 atom stereocenters. The number of nitrogens with zero attached hydrogens (tertiary/aromatic N) is 1. The lowest BCUT2D eigenvalue weighted by Crippen LogP contribution is -2.43. The quantitative estimate of drug-likeness (QED) is 0.199. The zero-order chi connectivity index (χ0) is 17.7. The van der Waals surface area contributed by atoms with E-state index in [1.807, 2.05) is 0 Å². The molecular weight excluding hydrogens is 297 g/mol. The van der Waals surface area contributed by atoms with Gasteiger partial charge in [0.25, 0.3) is 0 Å². The van der Waals surface area contributed by atoms with E-state index in [0.29, 0.717) is 31.3 Å². The molecule has 1 aromatic rings. The molecule has 6 N–H and O–H groups in total. The van der Waals surface area contributed by atoms with E-state index < -0.39 is 0 Å². The number of nitrogens with one attached hydrogen (secondary N) is 2. The Morgan fingerprint density at radius 3 is 2.88 bits per heavy atom. The summed E-state index contributed by atoms with van der Waals surface area (Å²) in [6.45, 7) is 11.1. The van der Waals surface area contributed by atoms with Gasteiger partial charge in [0.05, 0.1) is 0 Å². The molecule has 0 radical (unpaired) electrons. The second-order valence-electron chi connectivity index (χ2n) is 6.52. The molecule has 1 aliphatic rings. The van der Waals surface area contributed by atoms with E-state index in [2.05, 4.69) is 43.6 Å². The predicted molar refractivity (Wildman–Crippen MR) is 104 cm³/mol. The minimum Gasteiger partial charge on any atom is -0.393 e. The minimum atomic E-state index is 0.332. The second-order valence-corrected chi connectivity index (χ2v) is 6.52. The molecule has 0 fully saturated rings. The average molecular weight is 325 g/mol. The lowest BCUT2D eigenvalue weighted by molar-refractivity contribution is 0.438. The number of benzene rings is 1. The van der Waals surface area contributed by atoms with Gasteiger partial charge in [-0.3, -0.25) is 10.4 Å². The van der Waals surface area contributed by atoms with Crippen molar-refractivity contribution in [2.75, 3.05) is 13.1 Å². The van der Waals surface area contributed by atoms with Crippen LogP contribution >= 0.6 is 0 Å². The largest absolute Gasteiger partial charge is 0.393 e. The number of rotatable bonds is 7. The van der Waals surface area contributed by atoms with Crippen LogP contribution in [0.2, 0.25) is 0 Å². The highest BCUT2D eigenvalue weighted by molar-refractivity contribution is 6.38. The maximum atomic E-state index is 7.97. The second kappa shape index (κ2) is 8.17. The normalized spacial score (nSPS) is 15.9. The van der Waals surface area contributed by atoms with Crippen LogP contribution in [0, 0.1) is 5.41 Å². The monoisotopic (exact) mass is 325 g/mol. The first kappa shape index (κ1) is 18.3. The first-order chi connectivity index (χ1) is 11.4. The number of hydrogen-bond donors (Lipinski definition) is 4. The van der Waals surface area contributed by atoms with Gasteiger partial charge in [-0.1, -0.05) is 36.9 Å². The smallest absolute Gasteiger partial charge is 0.153 e. The molecule has 1 heterocycles. The van der Waals surface area contributed by atoms with E-state index >= 15 is 0 Å². The van der Waals surface area contributed by atoms with Crippen LogP contribution in [-0.2, 0) is 12.7 Å². The number of fused-ring (bicyclic) bond motifs is 1. The Bertz CT molecular complexity index is 640. The fourth-order valence-electron chi connectivity index (χ4n) is 3.25. The van der Waals surface area contributed by atoms with Crippen molar-refractivity contribution in [1.82, 2.24) is 10.3 Å². The van der Waals surface area contributed by atoms with Crippen LogP contribution in [0.5, 0.6) is 0 Å². The molecule has 1 aliphatic heterocycles. The van der Waals surface area contributed by atoms with Crippen LogP contribution in [0.15, 0.2) is 37.1 Å². The SMILES string of the molecule is C=C(CC(=N)N(N)CCN)NC1BCc2c(cccc2C(=C)C)C1. The van der Waals surface area contributed by atoms with Crippen molar-refractivity contribution in [3.05, 3.63) is 53.7 Å². The zero-order valence-corrected chi connectivity index (χ0v) is 14.6. The number of allylic oxidation sites excluding steroid dienone is 1. The lowest BCUT2D eigenvalue weighted by atomic mass is 9.57. The van der Waals surface area contributed by atoms with Crippen molar-refractivity contribution in [2.24, 2.45) is 11.6 Å². The molecule has 0 spiro atoms. The van der Waals surface area contributed by atoms with Gasteiger partial charge in [0.15, 0.2) is 7.28 Å². The van der Waals surface area contributed by atoms with Gasteiger partial charge in [0.1, 0.15) is 5.84 Å². The van der Waals surface area contributed by atoms with Gasteiger partial charge in [0.2, 0.25) is 0 Å². The van der Waals surface area contributed by atoms with Crippen LogP contribution in [-0.4, -0.2) is 37.2 Å². The van der Waals surface area contributed by atoms with Gasteiger partial charge >= 0.3 is 0 Å². The van der Waals surface area contributed by atoms with E-state index in [-0.39, 0.29) is 0 Å². The predicted octanol–water partition coefficient (Wildman–Crippen LogP) is 1.14. The third-order valence-corrected chi connectivity index (χ3v) is 4.45. The Morgan fingerprint density at radius 2 is 2.21 bits per heavy atom. The summed E-state index contributed by atoms with van der Waals surface area (Å²) in [6.07, 6.45) is 2.43. The van der Waals surface area contributed by atoms with Crippen LogP contribution in [0.1, 0.15) is 30.0 Å². The number of nitrogens with two attached hydrogens (primary N) is 2. The highest BCUT2D eigenvalue weighted by Crippen LogP contribution is 2.26. The summed E-state index contributed by atoms with van der Waals surface area (Å²) in [4.78, 5) is 0. The van der Waals surface area contributed by atoms with Gasteiger partial charge in [-0.15, -0.1) is 0 Å². The maximum Gasteiger partial charge on any atom is 0.153 e. The molecular formula is C18H28BN5. The molecule has 24 heavy (non-hydrogen) atoms. The summed E-state index contributed by atoms with van der Waals surface area (Å²) in [5, 5.41) is 12.8. The summed E-state index contributed by atoms with van der Waals surface area (Å²) in [7, 11) is 1.05. The zero-order valence-electron chi connectivity index (χ0n) is 14.6. The molecule has 5 nitrogen and oxygen atoms in total. The summed E-state index contributed by atoms with van der Waals surface area (Å²) < 4.78 is 0. The summed E-state index contributed by atoms with van der Waals surface area (Å²) in [5.74, 6) is 6.45. The van der Waals surface area contributed by atoms with Crippen molar-refractivity contribution in [3.8, 4) is 0 Å². The standard InChI is InChI=1S/C18H28BN5/c1-12(2)15-6-4-5-14-10-17(19-11-16(14)15)23-13(3)9-18(21)24(22)8-7-20/h4-6,17,19,21,23H,1,3,7-11,20,22H2,2H3. The van der Waals surface area contributed by atoms with Crippen molar-refractivity contribution in [1.29, 1.82) is 5.41 Å². The molecule has 1 unspecified atom stereocenters. The molecule has 0 saturated heterocycles. The Kier molecular flexibility index (Phi) is 6.23. The van der Waals surface area contributed by atoms with E-state index in [9.17, 15) is 0 Å². The van der Waals surface area contributed by atoms with Crippen molar-refractivity contribution in [3.63, 3.8) is 0 Å². The Balaban J connectivity index is 1.94.